The zero-order chi connectivity index (χ0) is 28.6. The molecule has 0 unspecified atom stereocenters. The van der Waals surface area contributed by atoms with Crippen molar-refractivity contribution in [3.63, 3.8) is 0 Å². The molecule has 5 rings (SSSR count). The number of carbonyl (C=O) groups is 1. The SMILES string of the molecule is CCC(=O)Nc1ccc(N2C(=S)N[C@H](c3ccccn3)[C@H]2c2cc(C)n(-c3c(C)cccc3CC)c2C)cc1C. The van der Waals surface area contributed by atoms with Crippen LogP contribution in [-0.2, 0) is 11.2 Å². The Morgan fingerprint density at radius 2 is 1.80 bits per heavy atom. The van der Waals surface area contributed by atoms with E-state index in [2.05, 4.69) is 84.2 Å². The zero-order valence-electron chi connectivity index (χ0n) is 24.1. The summed E-state index contributed by atoms with van der Waals surface area (Å²) in [6.07, 6.45) is 3.23. The summed E-state index contributed by atoms with van der Waals surface area (Å²) in [5.74, 6) is -0.00241. The van der Waals surface area contributed by atoms with E-state index >= 15 is 0 Å². The van der Waals surface area contributed by atoms with Crippen LogP contribution in [0.25, 0.3) is 5.69 Å². The normalized spacial score (nSPS) is 16.8. The summed E-state index contributed by atoms with van der Waals surface area (Å²) in [6, 6.07) is 20.7. The highest BCUT2D eigenvalue weighted by atomic mass is 32.1. The molecule has 0 spiro atoms. The van der Waals surface area contributed by atoms with Gasteiger partial charge in [0.1, 0.15) is 0 Å². The third kappa shape index (κ3) is 4.90. The maximum absolute atomic E-state index is 12.1. The van der Waals surface area contributed by atoms with Gasteiger partial charge in [0.25, 0.3) is 0 Å². The maximum Gasteiger partial charge on any atom is 0.224 e. The van der Waals surface area contributed by atoms with Crippen LogP contribution in [0.4, 0.5) is 11.4 Å². The predicted molar refractivity (Wildman–Crippen MR) is 167 cm³/mol. The molecule has 1 saturated heterocycles. The second-order valence-electron chi connectivity index (χ2n) is 10.5. The van der Waals surface area contributed by atoms with E-state index in [1.807, 2.05) is 44.3 Å². The summed E-state index contributed by atoms with van der Waals surface area (Å²) in [5, 5.41) is 7.24. The average Bonchev–Trinajstić information content (AvgIpc) is 3.44. The molecular weight excluding hydrogens is 514 g/mol. The summed E-state index contributed by atoms with van der Waals surface area (Å²) in [5.41, 5.74) is 11.1. The summed E-state index contributed by atoms with van der Waals surface area (Å²) in [6.45, 7) is 12.6. The van der Waals surface area contributed by atoms with Gasteiger partial charge in [-0.15, -0.1) is 0 Å². The number of aromatic nitrogens is 2. The minimum atomic E-state index is -0.134. The highest BCUT2D eigenvalue weighted by Crippen LogP contribution is 2.44. The van der Waals surface area contributed by atoms with Crippen molar-refractivity contribution in [2.75, 3.05) is 10.2 Å². The van der Waals surface area contributed by atoms with E-state index in [1.165, 1.54) is 33.8 Å². The minimum Gasteiger partial charge on any atom is -0.351 e. The van der Waals surface area contributed by atoms with Crippen molar-refractivity contribution in [2.45, 2.75) is 66.5 Å². The molecule has 1 fully saturated rings. The molecule has 0 bridgehead atoms. The van der Waals surface area contributed by atoms with Crippen LogP contribution in [0.3, 0.4) is 0 Å². The number of carbonyl (C=O) groups excluding carboxylic acids is 1. The van der Waals surface area contributed by atoms with Crippen LogP contribution in [0, 0.1) is 27.7 Å². The number of para-hydroxylation sites is 1. The number of rotatable bonds is 7. The van der Waals surface area contributed by atoms with Crippen LogP contribution in [-0.4, -0.2) is 20.6 Å². The van der Waals surface area contributed by atoms with Gasteiger partial charge in [0.2, 0.25) is 5.91 Å². The minimum absolute atomic E-state index is 0.00241. The highest BCUT2D eigenvalue weighted by Gasteiger charge is 2.42. The highest BCUT2D eigenvalue weighted by molar-refractivity contribution is 7.80. The van der Waals surface area contributed by atoms with E-state index in [4.69, 9.17) is 17.2 Å². The van der Waals surface area contributed by atoms with Crippen LogP contribution in [0.1, 0.15) is 71.7 Å². The van der Waals surface area contributed by atoms with E-state index in [1.54, 1.807) is 0 Å². The van der Waals surface area contributed by atoms with Crippen molar-refractivity contribution in [3.05, 3.63) is 106 Å². The number of hydrogen-bond acceptors (Lipinski definition) is 3. The molecule has 0 aliphatic carbocycles. The molecule has 2 atom stereocenters. The Balaban J connectivity index is 1.67. The first-order chi connectivity index (χ1) is 19.2. The summed E-state index contributed by atoms with van der Waals surface area (Å²) >= 11 is 5.99. The predicted octanol–water partition coefficient (Wildman–Crippen LogP) is 7.19. The largest absolute Gasteiger partial charge is 0.351 e. The molecule has 1 aliphatic heterocycles. The van der Waals surface area contributed by atoms with Gasteiger partial charge in [-0.2, -0.15) is 0 Å². The Hall–Kier alpha value is -3.97. The van der Waals surface area contributed by atoms with E-state index in [9.17, 15) is 4.79 Å². The lowest BCUT2D eigenvalue weighted by Gasteiger charge is -2.29. The van der Waals surface area contributed by atoms with Gasteiger partial charge in [-0.05, 0) is 105 Å². The Morgan fingerprint density at radius 3 is 2.48 bits per heavy atom. The summed E-state index contributed by atoms with van der Waals surface area (Å²) in [7, 11) is 0. The second-order valence-corrected chi connectivity index (χ2v) is 10.9. The van der Waals surface area contributed by atoms with Gasteiger partial charge in [-0.1, -0.05) is 38.1 Å². The quantitative estimate of drug-likeness (QED) is 0.238. The number of nitrogens with one attached hydrogen (secondary N) is 2. The van der Waals surface area contributed by atoms with E-state index in [0.717, 1.165) is 29.1 Å². The van der Waals surface area contributed by atoms with Crippen LogP contribution < -0.4 is 15.5 Å². The van der Waals surface area contributed by atoms with Crippen molar-refractivity contribution in [3.8, 4) is 5.69 Å². The number of anilines is 2. The van der Waals surface area contributed by atoms with Gasteiger partial charge in [-0.3, -0.25) is 9.78 Å². The average molecular weight is 552 g/mol. The first-order valence-electron chi connectivity index (χ1n) is 13.9. The molecule has 0 radical (unpaired) electrons. The molecule has 40 heavy (non-hydrogen) atoms. The molecule has 7 heteroatoms. The molecule has 1 amide bonds. The maximum atomic E-state index is 12.1. The van der Waals surface area contributed by atoms with Crippen LogP contribution in [0.5, 0.6) is 0 Å². The van der Waals surface area contributed by atoms with Gasteiger partial charge >= 0.3 is 0 Å². The van der Waals surface area contributed by atoms with E-state index < -0.39 is 0 Å². The van der Waals surface area contributed by atoms with Crippen LogP contribution in [0.2, 0.25) is 0 Å². The number of thiocarbonyl (C=S) groups is 1. The first kappa shape index (κ1) is 27.6. The van der Waals surface area contributed by atoms with Crippen LogP contribution in [0.15, 0.2) is 66.9 Å². The fourth-order valence-electron chi connectivity index (χ4n) is 5.88. The van der Waals surface area contributed by atoms with Crippen molar-refractivity contribution >= 4 is 34.6 Å². The Morgan fingerprint density at radius 1 is 1.00 bits per heavy atom. The van der Waals surface area contributed by atoms with E-state index in [-0.39, 0.29) is 18.0 Å². The van der Waals surface area contributed by atoms with Crippen LogP contribution >= 0.6 is 12.2 Å². The van der Waals surface area contributed by atoms with E-state index in [0.29, 0.717) is 11.5 Å². The molecule has 4 aromatic rings. The molecule has 206 valence electrons. The second kappa shape index (κ2) is 11.3. The van der Waals surface area contributed by atoms with Gasteiger partial charge in [0, 0.05) is 35.4 Å². The van der Waals surface area contributed by atoms with Gasteiger partial charge < -0.3 is 20.1 Å². The summed E-state index contributed by atoms with van der Waals surface area (Å²) in [4.78, 5) is 19.0. The Labute approximate surface area is 242 Å². The zero-order valence-corrected chi connectivity index (χ0v) is 24.9. The lowest BCUT2D eigenvalue weighted by molar-refractivity contribution is -0.115. The Kier molecular flexibility index (Phi) is 7.76. The number of nitrogens with zero attached hydrogens (tertiary/aromatic N) is 3. The lowest BCUT2D eigenvalue weighted by atomic mass is 9.96. The standard InChI is InChI=1S/C33H37N5OS/c1-7-24-13-11-12-20(3)31(24)37-22(5)19-26(23(37)6)32-30(28-14-9-10-17-34-28)36-33(40)38(32)25-15-16-27(21(4)18-25)35-29(39)8-2/h9-19,30,32H,7-8H2,1-6H3,(H,35,39)(H,36,40)/t30-,32-/m1/s1. The molecular formula is C33H37N5OS. The molecule has 2 N–H and O–H groups in total. The number of pyridine rings is 1. The monoisotopic (exact) mass is 551 g/mol. The number of amides is 1. The summed E-state index contributed by atoms with van der Waals surface area (Å²) < 4.78 is 2.40. The third-order valence-electron chi connectivity index (χ3n) is 7.90. The number of hydrogen-bond donors (Lipinski definition) is 2. The fraction of sp³-hybridized carbons (Fsp3) is 0.303. The molecule has 2 aromatic heterocycles. The molecule has 6 nitrogen and oxygen atoms in total. The van der Waals surface area contributed by atoms with Gasteiger partial charge in [-0.25, -0.2) is 0 Å². The molecule has 3 heterocycles. The van der Waals surface area contributed by atoms with Gasteiger partial charge in [0.05, 0.1) is 23.5 Å². The molecule has 2 aromatic carbocycles. The van der Waals surface area contributed by atoms with Crippen molar-refractivity contribution in [2.24, 2.45) is 0 Å². The van der Waals surface area contributed by atoms with Crippen molar-refractivity contribution in [1.29, 1.82) is 0 Å². The number of aryl methyl sites for hydroxylation is 4. The van der Waals surface area contributed by atoms with Crippen molar-refractivity contribution < 1.29 is 4.79 Å². The fourth-order valence-corrected chi connectivity index (χ4v) is 6.23. The number of benzene rings is 2. The first-order valence-corrected chi connectivity index (χ1v) is 14.3. The van der Waals surface area contributed by atoms with Crippen molar-refractivity contribution in [1.82, 2.24) is 14.9 Å². The molecule has 0 saturated carbocycles. The smallest absolute Gasteiger partial charge is 0.224 e. The third-order valence-corrected chi connectivity index (χ3v) is 8.21. The Bertz CT molecular complexity index is 1580. The molecule has 1 aliphatic rings. The van der Waals surface area contributed by atoms with Gasteiger partial charge in [0.15, 0.2) is 5.11 Å². The lowest BCUT2D eigenvalue weighted by Crippen LogP contribution is -2.29. The topological polar surface area (TPSA) is 62.2 Å².